The fraction of sp³-hybridized carbons (Fsp3) is 0.500. The average Bonchev–Trinajstić information content (AvgIpc) is 3.15. The Balaban J connectivity index is 1.64. The zero-order chi connectivity index (χ0) is 13.5. The van der Waals surface area contributed by atoms with E-state index in [-0.39, 0.29) is 19.2 Å². The third-order valence-corrected chi connectivity index (χ3v) is 3.70. The molecule has 5 heteroatoms. The minimum Gasteiger partial charge on any atom is -0.454 e. The number of hydrogen-bond acceptors (Lipinski definition) is 4. The highest BCUT2D eigenvalue weighted by atomic mass is 16.7. The Kier molecular flexibility index (Phi) is 2.86. The maximum atomic E-state index is 12.0. The molecule has 1 aliphatic heterocycles. The highest BCUT2D eigenvalue weighted by molar-refractivity contribution is 5.95. The third-order valence-electron chi connectivity index (χ3n) is 3.70. The molecule has 0 bridgehead atoms. The van der Waals surface area contributed by atoms with Crippen LogP contribution in [0.3, 0.4) is 0 Å². The molecule has 102 valence electrons. The van der Waals surface area contributed by atoms with Crippen molar-refractivity contribution >= 4 is 5.91 Å². The van der Waals surface area contributed by atoms with Crippen LogP contribution in [0, 0.1) is 5.92 Å². The summed E-state index contributed by atoms with van der Waals surface area (Å²) in [6.45, 7) is 2.23. The lowest BCUT2D eigenvalue weighted by atomic mass is 10.0. The summed E-state index contributed by atoms with van der Waals surface area (Å²) in [5.41, 5.74) is -0.303. The normalized spacial score (nSPS) is 19.9. The summed E-state index contributed by atoms with van der Waals surface area (Å²) in [5, 5.41) is 12.9. The Morgan fingerprint density at radius 1 is 1.42 bits per heavy atom. The molecule has 1 aromatic carbocycles. The van der Waals surface area contributed by atoms with Crippen molar-refractivity contribution in [1.29, 1.82) is 0 Å². The van der Waals surface area contributed by atoms with E-state index in [2.05, 4.69) is 5.32 Å². The zero-order valence-electron chi connectivity index (χ0n) is 10.8. The van der Waals surface area contributed by atoms with Crippen molar-refractivity contribution < 1.29 is 19.4 Å². The summed E-state index contributed by atoms with van der Waals surface area (Å²) in [7, 11) is 0. The number of ether oxygens (including phenoxy) is 2. The predicted octanol–water partition coefficient (Wildman–Crippen LogP) is 1.31. The first kappa shape index (κ1) is 12.3. The minimum absolute atomic E-state index is 0.191. The summed E-state index contributed by atoms with van der Waals surface area (Å²) in [5.74, 6) is 1.34. The first-order chi connectivity index (χ1) is 9.06. The summed E-state index contributed by atoms with van der Waals surface area (Å²) in [6.07, 6.45) is 2.07. The molecule has 19 heavy (non-hydrogen) atoms. The third kappa shape index (κ3) is 2.51. The molecule has 1 aromatic rings. The van der Waals surface area contributed by atoms with Crippen LogP contribution in [-0.4, -0.2) is 30.0 Å². The quantitative estimate of drug-likeness (QED) is 0.859. The Morgan fingerprint density at radius 3 is 2.89 bits per heavy atom. The van der Waals surface area contributed by atoms with Gasteiger partial charge in [0.15, 0.2) is 11.5 Å². The Labute approximate surface area is 111 Å². The lowest BCUT2D eigenvalue weighted by Crippen LogP contribution is -2.42. The molecule has 1 fully saturated rings. The van der Waals surface area contributed by atoms with Gasteiger partial charge in [-0.25, -0.2) is 0 Å². The fourth-order valence-corrected chi connectivity index (χ4v) is 2.25. The molecule has 5 nitrogen and oxygen atoms in total. The highest BCUT2D eigenvalue weighted by Gasteiger charge is 2.40. The van der Waals surface area contributed by atoms with E-state index < -0.39 is 5.60 Å². The van der Waals surface area contributed by atoms with Gasteiger partial charge in [0.05, 0.1) is 5.60 Å². The molecule has 1 amide bonds. The van der Waals surface area contributed by atoms with Gasteiger partial charge in [-0.3, -0.25) is 4.79 Å². The maximum Gasteiger partial charge on any atom is 0.251 e. The van der Waals surface area contributed by atoms with Crippen LogP contribution in [0.4, 0.5) is 0 Å². The van der Waals surface area contributed by atoms with Crippen LogP contribution in [0.15, 0.2) is 18.2 Å². The molecule has 1 unspecified atom stereocenters. The van der Waals surface area contributed by atoms with E-state index in [9.17, 15) is 9.90 Å². The smallest absolute Gasteiger partial charge is 0.251 e. The van der Waals surface area contributed by atoms with E-state index in [0.717, 1.165) is 12.8 Å². The molecule has 3 rings (SSSR count). The lowest BCUT2D eigenvalue weighted by Gasteiger charge is -2.23. The maximum absolute atomic E-state index is 12.0. The first-order valence-electron chi connectivity index (χ1n) is 6.46. The number of carbonyl (C=O) groups is 1. The molecule has 1 saturated carbocycles. The van der Waals surface area contributed by atoms with Gasteiger partial charge in [0.1, 0.15) is 0 Å². The minimum atomic E-state index is -0.813. The number of hydrogen-bond donors (Lipinski definition) is 2. The number of aliphatic hydroxyl groups is 1. The molecule has 0 spiro atoms. The Hall–Kier alpha value is -1.75. The van der Waals surface area contributed by atoms with E-state index in [1.165, 1.54) is 0 Å². The van der Waals surface area contributed by atoms with Crippen LogP contribution in [0.2, 0.25) is 0 Å². The molecule has 1 aliphatic carbocycles. The largest absolute Gasteiger partial charge is 0.454 e. The van der Waals surface area contributed by atoms with Crippen molar-refractivity contribution in [1.82, 2.24) is 5.32 Å². The molecule has 2 N–H and O–H groups in total. The standard InChI is InChI=1S/C14H17NO4/c1-14(17,10-3-4-10)7-15-13(16)9-2-5-11-12(6-9)19-8-18-11/h2,5-6,10,17H,3-4,7-8H2,1H3,(H,15,16). The van der Waals surface area contributed by atoms with Gasteiger partial charge in [0.2, 0.25) is 6.79 Å². The summed E-state index contributed by atoms with van der Waals surface area (Å²) in [6, 6.07) is 5.06. The number of carbonyl (C=O) groups excluding carboxylic acids is 1. The van der Waals surface area contributed by atoms with Gasteiger partial charge in [-0.15, -0.1) is 0 Å². The number of fused-ring (bicyclic) bond motifs is 1. The number of nitrogens with one attached hydrogen (secondary N) is 1. The summed E-state index contributed by atoms with van der Waals surface area (Å²) in [4.78, 5) is 12.0. The van der Waals surface area contributed by atoms with E-state index in [1.807, 2.05) is 0 Å². The van der Waals surface area contributed by atoms with Crippen LogP contribution in [0.25, 0.3) is 0 Å². The fourth-order valence-electron chi connectivity index (χ4n) is 2.25. The molecule has 0 saturated heterocycles. The molecule has 2 aliphatic rings. The second kappa shape index (κ2) is 4.42. The van der Waals surface area contributed by atoms with Gasteiger partial charge in [0.25, 0.3) is 5.91 Å². The zero-order valence-corrected chi connectivity index (χ0v) is 10.8. The van der Waals surface area contributed by atoms with Gasteiger partial charge in [-0.1, -0.05) is 0 Å². The lowest BCUT2D eigenvalue weighted by molar-refractivity contribution is 0.0354. The van der Waals surface area contributed by atoms with Gasteiger partial charge in [-0.05, 0) is 43.9 Å². The van der Waals surface area contributed by atoms with Crippen molar-refractivity contribution in [3.63, 3.8) is 0 Å². The molecule has 1 heterocycles. The Morgan fingerprint density at radius 2 is 2.16 bits per heavy atom. The van der Waals surface area contributed by atoms with Crippen molar-refractivity contribution in [2.45, 2.75) is 25.4 Å². The van der Waals surface area contributed by atoms with Crippen molar-refractivity contribution in [3.8, 4) is 11.5 Å². The Bertz CT molecular complexity index is 508. The number of rotatable bonds is 4. The van der Waals surface area contributed by atoms with E-state index in [0.29, 0.717) is 23.0 Å². The van der Waals surface area contributed by atoms with Gasteiger partial charge >= 0.3 is 0 Å². The van der Waals surface area contributed by atoms with Crippen molar-refractivity contribution in [2.24, 2.45) is 5.92 Å². The van der Waals surface area contributed by atoms with Crippen molar-refractivity contribution in [3.05, 3.63) is 23.8 Å². The monoisotopic (exact) mass is 263 g/mol. The predicted molar refractivity (Wildman–Crippen MR) is 68.2 cm³/mol. The molecular formula is C14H17NO4. The second-order valence-corrected chi connectivity index (χ2v) is 5.38. The second-order valence-electron chi connectivity index (χ2n) is 5.38. The van der Waals surface area contributed by atoms with Crippen LogP contribution in [-0.2, 0) is 0 Å². The molecule has 0 aromatic heterocycles. The van der Waals surface area contributed by atoms with Crippen LogP contribution >= 0.6 is 0 Å². The van der Waals surface area contributed by atoms with Gasteiger partial charge in [0, 0.05) is 12.1 Å². The van der Waals surface area contributed by atoms with E-state index >= 15 is 0 Å². The van der Waals surface area contributed by atoms with Gasteiger partial charge < -0.3 is 19.9 Å². The van der Waals surface area contributed by atoms with Crippen molar-refractivity contribution in [2.75, 3.05) is 13.3 Å². The summed E-state index contributed by atoms with van der Waals surface area (Å²) < 4.78 is 10.4. The molecule has 0 radical (unpaired) electrons. The topological polar surface area (TPSA) is 67.8 Å². The van der Waals surface area contributed by atoms with Crippen LogP contribution in [0.1, 0.15) is 30.1 Å². The number of benzene rings is 1. The average molecular weight is 263 g/mol. The number of amides is 1. The van der Waals surface area contributed by atoms with Gasteiger partial charge in [-0.2, -0.15) is 0 Å². The van der Waals surface area contributed by atoms with Crippen LogP contribution in [0.5, 0.6) is 11.5 Å². The van der Waals surface area contributed by atoms with E-state index in [1.54, 1.807) is 25.1 Å². The SMILES string of the molecule is CC(O)(CNC(=O)c1ccc2c(c1)OCO2)C1CC1. The van der Waals surface area contributed by atoms with E-state index in [4.69, 9.17) is 9.47 Å². The molecular weight excluding hydrogens is 246 g/mol. The highest BCUT2D eigenvalue weighted by Crippen LogP contribution is 2.39. The van der Waals surface area contributed by atoms with Crippen LogP contribution < -0.4 is 14.8 Å². The summed E-state index contributed by atoms with van der Waals surface area (Å²) >= 11 is 0. The molecule has 1 atom stereocenters. The first-order valence-corrected chi connectivity index (χ1v) is 6.46.